The standard InChI is InChI=1S/C17H22N4O3/c1-11-7-12(2)10-21(9-11)17(23)13-8-15(20(3)19-13)18-16(22)14-5-4-6-24-14/h4-6,8,11-12H,7,9-10H2,1-3H3,(H,18,22)/t11-,12-/m0/s1. The molecule has 7 heteroatoms. The molecule has 1 N–H and O–H groups in total. The Bertz CT molecular complexity index is 725. The van der Waals surface area contributed by atoms with Crippen LogP contribution in [0.2, 0.25) is 0 Å². The van der Waals surface area contributed by atoms with Gasteiger partial charge in [0, 0.05) is 26.2 Å². The number of hydrogen-bond donors (Lipinski definition) is 1. The molecule has 2 amide bonds. The number of aryl methyl sites for hydroxylation is 1. The van der Waals surface area contributed by atoms with Crippen LogP contribution in [-0.4, -0.2) is 39.6 Å². The van der Waals surface area contributed by atoms with Gasteiger partial charge in [0.1, 0.15) is 5.82 Å². The monoisotopic (exact) mass is 330 g/mol. The highest BCUT2D eigenvalue weighted by molar-refractivity contribution is 6.02. The van der Waals surface area contributed by atoms with E-state index in [1.54, 1.807) is 25.2 Å². The Labute approximate surface area is 140 Å². The van der Waals surface area contributed by atoms with Crippen LogP contribution in [0.25, 0.3) is 0 Å². The molecule has 3 rings (SSSR count). The SMILES string of the molecule is C[C@H]1C[C@H](C)CN(C(=O)c2cc(NC(=O)c3ccco3)n(C)n2)C1. The lowest BCUT2D eigenvalue weighted by atomic mass is 9.92. The minimum atomic E-state index is -0.373. The van der Waals surface area contributed by atoms with Gasteiger partial charge in [-0.1, -0.05) is 13.8 Å². The third-order valence-electron chi connectivity index (χ3n) is 4.24. The summed E-state index contributed by atoms with van der Waals surface area (Å²) in [6.07, 6.45) is 2.57. The van der Waals surface area contributed by atoms with Gasteiger partial charge in [0.15, 0.2) is 11.5 Å². The first-order chi connectivity index (χ1) is 11.4. The van der Waals surface area contributed by atoms with E-state index in [0.29, 0.717) is 23.3 Å². The minimum absolute atomic E-state index is 0.0949. The molecule has 2 atom stereocenters. The van der Waals surface area contributed by atoms with Crippen LogP contribution < -0.4 is 5.32 Å². The smallest absolute Gasteiger partial charge is 0.292 e. The quantitative estimate of drug-likeness (QED) is 0.937. The summed E-state index contributed by atoms with van der Waals surface area (Å²) < 4.78 is 6.55. The summed E-state index contributed by atoms with van der Waals surface area (Å²) in [7, 11) is 1.69. The molecule has 1 aliphatic rings. The predicted molar refractivity (Wildman–Crippen MR) is 88.7 cm³/mol. The summed E-state index contributed by atoms with van der Waals surface area (Å²) in [5.41, 5.74) is 0.341. The van der Waals surface area contributed by atoms with E-state index in [2.05, 4.69) is 24.3 Å². The van der Waals surface area contributed by atoms with Crippen LogP contribution in [0.1, 0.15) is 41.3 Å². The first kappa shape index (κ1) is 16.3. The zero-order valence-corrected chi connectivity index (χ0v) is 14.2. The van der Waals surface area contributed by atoms with E-state index >= 15 is 0 Å². The zero-order chi connectivity index (χ0) is 17.3. The van der Waals surface area contributed by atoms with Crippen LogP contribution in [0.5, 0.6) is 0 Å². The second kappa shape index (κ2) is 6.51. The molecule has 2 aromatic rings. The largest absolute Gasteiger partial charge is 0.459 e. The molecule has 24 heavy (non-hydrogen) atoms. The fraction of sp³-hybridized carbons (Fsp3) is 0.471. The number of aromatic nitrogens is 2. The number of piperidine rings is 1. The summed E-state index contributed by atoms with van der Waals surface area (Å²) in [6, 6.07) is 4.83. The summed E-state index contributed by atoms with van der Waals surface area (Å²) in [6.45, 7) is 5.80. The molecular weight excluding hydrogens is 308 g/mol. The predicted octanol–water partition coefficient (Wildman–Crippen LogP) is 2.38. The Balaban J connectivity index is 1.73. The van der Waals surface area contributed by atoms with Crippen molar-refractivity contribution in [2.24, 2.45) is 18.9 Å². The van der Waals surface area contributed by atoms with Gasteiger partial charge in [-0.2, -0.15) is 5.10 Å². The van der Waals surface area contributed by atoms with Crippen molar-refractivity contribution < 1.29 is 14.0 Å². The van der Waals surface area contributed by atoms with Crippen LogP contribution in [0.3, 0.4) is 0 Å². The number of likely N-dealkylation sites (tertiary alicyclic amines) is 1. The number of rotatable bonds is 3. The van der Waals surface area contributed by atoms with Gasteiger partial charge in [-0.25, -0.2) is 0 Å². The molecular formula is C17H22N4O3. The van der Waals surface area contributed by atoms with Gasteiger partial charge in [0.25, 0.3) is 11.8 Å². The van der Waals surface area contributed by atoms with Crippen LogP contribution in [0.15, 0.2) is 28.9 Å². The highest BCUT2D eigenvalue weighted by Gasteiger charge is 2.28. The van der Waals surface area contributed by atoms with E-state index in [0.717, 1.165) is 19.5 Å². The van der Waals surface area contributed by atoms with Crippen molar-refractivity contribution >= 4 is 17.6 Å². The average molecular weight is 330 g/mol. The van der Waals surface area contributed by atoms with Crippen LogP contribution in [0, 0.1) is 11.8 Å². The molecule has 128 valence electrons. The fourth-order valence-corrected chi connectivity index (χ4v) is 3.27. The Morgan fingerprint density at radius 2 is 2.00 bits per heavy atom. The van der Waals surface area contributed by atoms with Crippen LogP contribution >= 0.6 is 0 Å². The van der Waals surface area contributed by atoms with Gasteiger partial charge in [0.05, 0.1) is 6.26 Å². The molecule has 1 saturated heterocycles. The maximum atomic E-state index is 12.7. The molecule has 1 fully saturated rings. The lowest BCUT2D eigenvalue weighted by Crippen LogP contribution is -2.42. The number of carbonyl (C=O) groups is 2. The Morgan fingerprint density at radius 1 is 1.29 bits per heavy atom. The fourth-order valence-electron chi connectivity index (χ4n) is 3.27. The lowest BCUT2D eigenvalue weighted by Gasteiger charge is -2.34. The molecule has 0 bridgehead atoms. The molecule has 0 aromatic carbocycles. The summed E-state index contributed by atoms with van der Waals surface area (Å²) >= 11 is 0. The van der Waals surface area contributed by atoms with Gasteiger partial charge in [-0.15, -0.1) is 0 Å². The highest BCUT2D eigenvalue weighted by atomic mass is 16.3. The molecule has 0 aliphatic carbocycles. The number of anilines is 1. The topological polar surface area (TPSA) is 80.4 Å². The lowest BCUT2D eigenvalue weighted by molar-refractivity contribution is 0.0616. The van der Waals surface area contributed by atoms with E-state index in [9.17, 15) is 9.59 Å². The molecule has 3 heterocycles. The van der Waals surface area contributed by atoms with Gasteiger partial charge < -0.3 is 14.6 Å². The summed E-state index contributed by atoms with van der Waals surface area (Å²) in [5.74, 6) is 1.17. The van der Waals surface area contributed by atoms with Crippen molar-refractivity contribution in [1.29, 1.82) is 0 Å². The van der Waals surface area contributed by atoms with Gasteiger partial charge in [0.2, 0.25) is 0 Å². The van der Waals surface area contributed by atoms with Crippen molar-refractivity contribution in [2.75, 3.05) is 18.4 Å². The Hall–Kier alpha value is -2.57. The van der Waals surface area contributed by atoms with Crippen LogP contribution in [0.4, 0.5) is 5.82 Å². The van der Waals surface area contributed by atoms with Crippen molar-refractivity contribution in [3.05, 3.63) is 35.9 Å². The number of nitrogens with zero attached hydrogens (tertiary/aromatic N) is 3. The number of amides is 2. The molecule has 0 spiro atoms. The second-order valence-corrected chi connectivity index (χ2v) is 6.63. The number of carbonyl (C=O) groups excluding carboxylic acids is 2. The average Bonchev–Trinajstić information content (AvgIpc) is 3.16. The number of hydrogen-bond acceptors (Lipinski definition) is 4. The molecule has 0 saturated carbocycles. The maximum absolute atomic E-state index is 12.7. The normalized spacial score (nSPS) is 20.9. The minimum Gasteiger partial charge on any atom is -0.459 e. The van der Waals surface area contributed by atoms with E-state index < -0.39 is 0 Å². The molecule has 7 nitrogen and oxygen atoms in total. The number of furan rings is 1. The maximum Gasteiger partial charge on any atom is 0.292 e. The van der Waals surface area contributed by atoms with Crippen molar-refractivity contribution in [3.8, 4) is 0 Å². The third-order valence-corrected chi connectivity index (χ3v) is 4.24. The van der Waals surface area contributed by atoms with E-state index in [4.69, 9.17) is 4.42 Å². The van der Waals surface area contributed by atoms with E-state index in [1.165, 1.54) is 10.9 Å². The van der Waals surface area contributed by atoms with Gasteiger partial charge >= 0.3 is 0 Å². The first-order valence-corrected chi connectivity index (χ1v) is 8.12. The first-order valence-electron chi connectivity index (χ1n) is 8.12. The number of nitrogens with one attached hydrogen (secondary N) is 1. The zero-order valence-electron chi connectivity index (χ0n) is 14.2. The van der Waals surface area contributed by atoms with Crippen molar-refractivity contribution in [2.45, 2.75) is 20.3 Å². The molecule has 1 aliphatic heterocycles. The van der Waals surface area contributed by atoms with Crippen molar-refractivity contribution in [3.63, 3.8) is 0 Å². The molecule has 2 aromatic heterocycles. The Morgan fingerprint density at radius 3 is 2.62 bits per heavy atom. The van der Waals surface area contributed by atoms with Crippen molar-refractivity contribution in [1.82, 2.24) is 14.7 Å². The summed E-state index contributed by atoms with van der Waals surface area (Å²) in [4.78, 5) is 26.6. The van der Waals surface area contributed by atoms with Gasteiger partial charge in [-0.3, -0.25) is 14.3 Å². The van der Waals surface area contributed by atoms with E-state index in [-0.39, 0.29) is 17.6 Å². The second-order valence-electron chi connectivity index (χ2n) is 6.63. The summed E-state index contributed by atoms with van der Waals surface area (Å²) in [5, 5.41) is 6.96. The van der Waals surface area contributed by atoms with E-state index in [1.807, 2.05) is 4.90 Å². The highest BCUT2D eigenvalue weighted by Crippen LogP contribution is 2.23. The molecule has 0 radical (unpaired) electrons. The third kappa shape index (κ3) is 3.34. The molecule has 0 unspecified atom stereocenters. The van der Waals surface area contributed by atoms with Crippen LogP contribution in [-0.2, 0) is 7.05 Å². The van der Waals surface area contributed by atoms with Gasteiger partial charge in [-0.05, 0) is 30.4 Å². The Kier molecular flexibility index (Phi) is 4.42.